The molecule has 0 saturated carbocycles. The van der Waals surface area contributed by atoms with Crippen molar-refractivity contribution in [3.8, 4) is 11.5 Å². The van der Waals surface area contributed by atoms with Crippen molar-refractivity contribution in [3.63, 3.8) is 0 Å². The zero-order chi connectivity index (χ0) is 19.1. The van der Waals surface area contributed by atoms with E-state index in [-0.39, 0.29) is 11.7 Å². The van der Waals surface area contributed by atoms with Gasteiger partial charge in [0.25, 0.3) is 0 Å². The van der Waals surface area contributed by atoms with E-state index in [2.05, 4.69) is 27.9 Å². The first-order valence-corrected chi connectivity index (χ1v) is 10.4. The van der Waals surface area contributed by atoms with Gasteiger partial charge in [-0.15, -0.1) is 11.3 Å². The molecule has 5 rings (SSSR count). The predicted molar refractivity (Wildman–Crippen MR) is 109 cm³/mol. The van der Waals surface area contributed by atoms with Gasteiger partial charge in [-0.1, -0.05) is 0 Å². The number of carbonyl (C=O) groups excluding carboxylic acids is 1. The molecule has 0 radical (unpaired) electrons. The first-order valence-electron chi connectivity index (χ1n) is 9.59. The molecule has 6 nitrogen and oxygen atoms in total. The summed E-state index contributed by atoms with van der Waals surface area (Å²) >= 11 is 1.69. The molecule has 1 aromatic carbocycles. The Bertz CT molecular complexity index is 1040. The smallest absolute Gasteiger partial charge is 0.166 e. The highest BCUT2D eigenvalue weighted by Crippen LogP contribution is 2.34. The third-order valence-corrected chi connectivity index (χ3v) is 6.38. The number of ketones is 1. The molecule has 0 amide bonds. The van der Waals surface area contributed by atoms with Gasteiger partial charge >= 0.3 is 0 Å². The predicted octanol–water partition coefficient (Wildman–Crippen LogP) is 3.87. The van der Waals surface area contributed by atoms with E-state index in [0.29, 0.717) is 24.5 Å². The number of ether oxygens (including phenoxy) is 2. The summed E-state index contributed by atoms with van der Waals surface area (Å²) in [5.74, 6) is 2.60. The Morgan fingerprint density at radius 2 is 1.89 bits per heavy atom. The van der Waals surface area contributed by atoms with Crippen molar-refractivity contribution in [3.05, 3.63) is 41.0 Å². The average Bonchev–Trinajstić information content (AvgIpc) is 3.13. The lowest BCUT2D eigenvalue weighted by Gasteiger charge is -2.32. The van der Waals surface area contributed by atoms with E-state index in [9.17, 15) is 4.79 Å². The number of nitrogens with zero attached hydrogens (tertiary/aromatic N) is 3. The summed E-state index contributed by atoms with van der Waals surface area (Å²) < 4.78 is 11.2. The number of carbonyl (C=O) groups is 1. The van der Waals surface area contributed by atoms with Gasteiger partial charge in [0.05, 0.1) is 5.39 Å². The van der Waals surface area contributed by atoms with Crippen molar-refractivity contribution >= 4 is 33.2 Å². The fourth-order valence-electron chi connectivity index (χ4n) is 4.00. The molecule has 7 heteroatoms. The number of fused-ring (bicyclic) bond motifs is 2. The third kappa shape index (κ3) is 3.09. The van der Waals surface area contributed by atoms with E-state index in [4.69, 9.17) is 9.47 Å². The molecule has 2 aliphatic heterocycles. The molecule has 0 unspecified atom stereocenters. The molecule has 2 aromatic heterocycles. The normalized spacial score (nSPS) is 17.1. The number of hydrogen-bond acceptors (Lipinski definition) is 7. The Hall–Kier alpha value is -2.67. The monoisotopic (exact) mass is 395 g/mol. The maximum Gasteiger partial charge on any atom is 0.166 e. The third-order valence-electron chi connectivity index (χ3n) is 5.42. The molecule has 0 atom stereocenters. The van der Waals surface area contributed by atoms with Crippen LogP contribution in [0.15, 0.2) is 30.6 Å². The van der Waals surface area contributed by atoms with Gasteiger partial charge in [-0.2, -0.15) is 0 Å². The summed E-state index contributed by atoms with van der Waals surface area (Å²) in [6.45, 7) is 4.81. The Morgan fingerprint density at radius 1 is 1.11 bits per heavy atom. The topological polar surface area (TPSA) is 64.6 Å². The molecule has 0 bridgehead atoms. The standard InChI is InChI=1S/C21H21N3O3S/c1-13-10-16-20(22-12-23-21(16)28-13)24-6-4-14(5-7-24)19(25)15-2-3-17-18(11-15)27-9-8-26-17/h2-3,10-12,14H,4-9H2,1H3. The number of rotatable bonds is 3. The van der Waals surface area contributed by atoms with Crippen molar-refractivity contribution in [1.82, 2.24) is 9.97 Å². The molecular formula is C21H21N3O3S. The second-order valence-electron chi connectivity index (χ2n) is 7.26. The minimum Gasteiger partial charge on any atom is -0.486 e. The molecule has 28 heavy (non-hydrogen) atoms. The van der Waals surface area contributed by atoms with Crippen LogP contribution in [0.4, 0.5) is 5.82 Å². The SMILES string of the molecule is Cc1cc2c(N3CCC(C(=O)c4ccc5c(c4)OCCO5)CC3)ncnc2s1. The molecule has 0 aliphatic carbocycles. The number of piperidine rings is 1. The molecule has 3 aromatic rings. The summed E-state index contributed by atoms with van der Waals surface area (Å²) in [5.41, 5.74) is 0.709. The van der Waals surface area contributed by atoms with E-state index in [1.807, 2.05) is 18.2 Å². The number of benzene rings is 1. The fourth-order valence-corrected chi connectivity index (χ4v) is 4.84. The van der Waals surface area contributed by atoms with Crippen molar-refractivity contribution in [2.45, 2.75) is 19.8 Å². The number of Topliss-reactive ketones (excluding diaryl/α,β-unsaturated/α-hetero) is 1. The molecule has 144 valence electrons. The fraction of sp³-hybridized carbons (Fsp3) is 0.381. The summed E-state index contributed by atoms with van der Waals surface area (Å²) in [6.07, 6.45) is 3.28. The van der Waals surface area contributed by atoms with Crippen molar-refractivity contribution in [2.75, 3.05) is 31.2 Å². The van der Waals surface area contributed by atoms with Gasteiger partial charge in [-0.25, -0.2) is 9.97 Å². The van der Waals surface area contributed by atoms with Crippen molar-refractivity contribution < 1.29 is 14.3 Å². The maximum absolute atomic E-state index is 13.0. The molecule has 0 spiro atoms. The van der Waals surface area contributed by atoms with Crippen molar-refractivity contribution in [1.29, 1.82) is 0 Å². The van der Waals surface area contributed by atoms with Crippen LogP contribution in [-0.2, 0) is 0 Å². The Kier molecular flexibility index (Phi) is 4.39. The molecule has 1 saturated heterocycles. The number of anilines is 1. The van der Waals surface area contributed by atoms with E-state index in [1.165, 1.54) is 4.88 Å². The van der Waals surface area contributed by atoms with Crippen LogP contribution in [0.3, 0.4) is 0 Å². The van der Waals surface area contributed by atoms with Gasteiger partial charge in [-0.05, 0) is 44.0 Å². The summed E-state index contributed by atoms with van der Waals surface area (Å²) in [7, 11) is 0. The van der Waals surface area contributed by atoms with E-state index < -0.39 is 0 Å². The van der Waals surface area contributed by atoms with E-state index in [1.54, 1.807) is 17.7 Å². The quantitative estimate of drug-likeness (QED) is 0.628. The largest absolute Gasteiger partial charge is 0.486 e. The van der Waals surface area contributed by atoms with Crippen LogP contribution in [0, 0.1) is 12.8 Å². The van der Waals surface area contributed by atoms with Gasteiger partial charge < -0.3 is 14.4 Å². The minimum absolute atomic E-state index is 0.0281. The van der Waals surface area contributed by atoms with Crippen LogP contribution in [0.5, 0.6) is 11.5 Å². The molecule has 2 aliphatic rings. The number of aromatic nitrogens is 2. The first kappa shape index (κ1) is 17.4. The highest BCUT2D eigenvalue weighted by atomic mass is 32.1. The lowest BCUT2D eigenvalue weighted by Crippen LogP contribution is -2.37. The van der Waals surface area contributed by atoms with Crippen LogP contribution in [0.25, 0.3) is 10.2 Å². The van der Waals surface area contributed by atoms with Gasteiger partial charge in [0.15, 0.2) is 17.3 Å². The van der Waals surface area contributed by atoms with Gasteiger partial charge in [0, 0.05) is 29.4 Å². The molecular weight excluding hydrogens is 374 g/mol. The number of aryl methyl sites for hydroxylation is 1. The van der Waals surface area contributed by atoms with E-state index in [0.717, 1.165) is 47.7 Å². The summed E-state index contributed by atoms with van der Waals surface area (Å²) in [6, 6.07) is 7.67. The first-order chi connectivity index (χ1) is 13.7. The Labute approximate surface area is 167 Å². The average molecular weight is 395 g/mol. The molecule has 0 N–H and O–H groups in total. The lowest BCUT2D eigenvalue weighted by atomic mass is 9.88. The van der Waals surface area contributed by atoms with Crippen LogP contribution in [0.2, 0.25) is 0 Å². The maximum atomic E-state index is 13.0. The number of hydrogen-bond donors (Lipinski definition) is 0. The van der Waals surface area contributed by atoms with Crippen LogP contribution in [-0.4, -0.2) is 42.1 Å². The van der Waals surface area contributed by atoms with Crippen molar-refractivity contribution in [2.24, 2.45) is 5.92 Å². The van der Waals surface area contributed by atoms with Crippen LogP contribution >= 0.6 is 11.3 Å². The Balaban J connectivity index is 1.31. The van der Waals surface area contributed by atoms with Crippen LogP contribution < -0.4 is 14.4 Å². The van der Waals surface area contributed by atoms with Crippen LogP contribution in [0.1, 0.15) is 28.1 Å². The molecule has 1 fully saturated rings. The highest BCUT2D eigenvalue weighted by Gasteiger charge is 2.28. The molecule has 4 heterocycles. The second-order valence-corrected chi connectivity index (χ2v) is 8.49. The lowest BCUT2D eigenvalue weighted by molar-refractivity contribution is 0.0899. The second kappa shape index (κ2) is 7.05. The minimum atomic E-state index is 0.0281. The zero-order valence-electron chi connectivity index (χ0n) is 15.7. The van der Waals surface area contributed by atoms with E-state index >= 15 is 0 Å². The van der Waals surface area contributed by atoms with Gasteiger partial charge in [0.2, 0.25) is 0 Å². The van der Waals surface area contributed by atoms with Gasteiger partial charge in [-0.3, -0.25) is 4.79 Å². The van der Waals surface area contributed by atoms with Gasteiger partial charge in [0.1, 0.15) is 30.2 Å². The summed E-state index contributed by atoms with van der Waals surface area (Å²) in [4.78, 5) is 26.5. The highest BCUT2D eigenvalue weighted by molar-refractivity contribution is 7.18. The Morgan fingerprint density at radius 3 is 2.71 bits per heavy atom. The number of thiophene rings is 1. The summed E-state index contributed by atoms with van der Waals surface area (Å²) in [5, 5.41) is 1.11. The zero-order valence-corrected chi connectivity index (χ0v) is 16.5.